The Morgan fingerprint density at radius 3 is 2.04 bits per heavy atom. The van der Waals surface area contributed by atoms with Crippen LogP contribution in [-0.4, -0.2) is 32.8 Å². The molecule has 1 amide bonds. The predicted molar refractivity (Wildman–Crippen MR) is 105 cm³/mol. The summed E-state index contributed by atoms with van der Waals surface area (Å²) >= 11 is 0. The molecule has 0 saturated heterocycles. The zero-order valence-electron chi connectivity index (χ0n) is 17.4. The highest BCUT2D eigenvalue weighted by Crippen LogP contribution is 2.37. The number of methoxy groups -OCH3 is 2. The van der Waals surface area contributed by atoms with E-state index in [-0.39, 0.29) is 23.0 Å². The van der Waals surface area contributed by atoms with Crippen molar-refractivity contribution in [3.05, 3.63) is 29.3 Å². The summed E-state index contributed by atoms with van der Waals surface area (Å²) in [7, 11) is 2.75. The molecule has 1 N–H and O–H groups in total. The first-order valence-electron chi connectivity index (χ1n) is 9.40. The molecule has 7 heteroatoms. The summed E-state index contributed by atoms with van der Waals surface area (Å²) in [4.78, 5) is 12.4. The molecule has 1 aromatic carbocycles. The number of allylic oxidation sites excluding steroid dienone is 2. The minimum atomic E-state index is -4.50. The van der Waals surface area contributed by atoms with Crippen LogP contribution in [0.3, 0.4) is 0 Å². The average molecular weight is 401 g/mol. The van der Waals surface area contributed by atoms with E-state index < -0.39 is 18.6 Å². The van der Waals surface area contributed by atoms with E-state index in [1.54, 1.807) is 12.1 Å². The quantitative estimate of drug-likeness (QED) is 0.597. The van der Waals surface area contributed by atoms with Crippen LogP contribution in [0.4, 0.5) is 13.2 Å². The number of carbonyl (C=O) groups is 1. The Hall–Kier alpha value is -2.18. The van der Waals surface area contributed by atoms with Gasteiger partial charge in [-0.1, -0.05) is 40.2 Å². The van der Waals surface area contributed by atoms with Gasteiger partial charge in [-0.2, -0.15) is 13.2 Å². The van der Waals surface area contributed by atoms with Gasteiger partial charge in [-0.25, -0.2) is 0 Å². The fraction of sp³-hybridized carbons (Fsp3) is 0.571. The molecule has 0 spiro atoms. The summed E-state index contributed by atoms with van der Waals surface area (Å²) in [6.07, 6.45) is -0.419. The van der Waals surface area contributed by atoms with Crippen molar-refractivity contribution in [3.63, 3.8) is 0 Å². The summed E-state index contributed by atoms with van der Waals surface area (Å²) in [5, 5.41) is 1.87. The third-order valence-corrected chi connectivity index (χ3v) is 4.77. The lowest BCUT2D eigenvalue weighted by atomic mass is 9.88. The van der Waals surface area contributed by atoms with Crippen LogP contribution >= 0.6 is 0 Å². The van der Waals surface area contributed by atoms with Crippen molar-refractivity contribution in [2.45, 2.75) is 46.7 Å². The number of ether oxygens (including phenoxy) is 2. The Kier molecular flexibility index (Phi) is 8.85. The van der Waals surface area contributed by atoms with E-state index in [9.17, 15) is 18.0 Å². The Balaban J connectivity index is 3.46. The molecule has 2 unspecified atom stereocenters. The van der Waals surface area contributed by atoms with Crippen LogP contribution in [0.1, 0.15) is 56.5 Å². The van der Waals surface area contributed by atoms with Crippen LogP contribution in [0.5, 0.6) is 11.5 Å². The molecule has 0 fully saturated rings. The maximum absolute atomic E-state index is 12.5. The second-order valence-electron chi connectivity index (χ2n) is 6.87. The summed E-state index contributed by atoms with van der Waals surface area (Å²) < 4.78 is 48.0. The normalized spacial score (nSPS) is 14.4. The maximum atomic E-state index is 12.5. The molecule has 1 aromatic rings. The van der Waals surface area contributed by atoms with E-state index in [4.69, 9.17) is 9.47 Å². The van der Waals surface area contributed by atoms with E-state index in [1.807, 2.05) is 5.32 Å². The average Bonchev–Trinajstić information content (AvgIpc) is 2.67. The molecule has 0 bridgehead atoms. The largest absolute Gasteiger partial charge is 0.496 e. The van der Waals surface area contributed by atoms with Crippen molar-refractivity contribution in [2.75, 3.05) is 20.8 Å². The summed E-state index contributed by atoms with van der Waals surface area (Å²) in [5.74, 6) is 0.0670. The van der Waals surface area contributed by atoms with Gasteiger partial charge in [0.2, 0.25) is 0 Å². The number of rotatable bonds is 9. The highest BCUT2D eigenvalue weighted by molar-refractivity contribution is 6.00. The summed E-state index contributed by atoms with van der Waals surface area (Å²) in [6.45, 7) is 6.99. The Bertz CT molecular complexity index is 674. The van der Waals surface area contributed by atoms with E-state index in [2.05, 4.69) is 33.8 Å². The molecular weight excluding hydrogens is 371 g/mol. The van der Waals surface area contributed by atoms with Gasteiger partial charge >= 0.3 is 6.18 Å². The number of hydrogen-bond donors (Lipinski definition) is 1. The first-order valence-corrected chi connectivity index (χ1v) is 9.40. The number of benzene rings is 1. The lowest BCUT2D eigenvalue weighted by Gasteiger charge is -2.21. The molecule has 0 aliphatic heterocycles. The zero-order chi connectivity index (χ0) is 21.5. The van der Waals surface area contributed by atoms with Crippen molar-refractivity contribution < 1.29 is 27.4 Å². The number of amides is 1. The van der Waals surface area contributed by atoms with Gasteiger partial charge < -0.3 is 14.8 Å². The fourth-order valence-corrected chi connectivity index (χ4v) is 2.76. The maximum Gasteiger partial charge on any atom is 0.405 e. The summed E-state index contributed by atoms with van der Waals surface area (Å²) in [6, 6.07) is 3.37. The van der Waals surface area contributed by atoms with E-state index in [1.165, 1.54) is 14.2 Å². The summed E-state index contributed by atoms with van der Waals surface area (Å²) in [5.41, 5.74) is 1.87. The Labute approximate surface area is 165 Å². The molecule has 0 saturated carbocycles. The minimum Gasteiger partial charge on any atom is -0.496 e. The van der Waals surface area contributed by atoms with Gasteiger partial charge in [0.1, 0.15) is 23.6 Å². The molecule has 0 aliphatic rings. The van der Waals surface area contributed by atoms with Crippen molar-refractivity contribution in [1.29, 1.82) is 0 Å². The lowest BCUT2D eigenvalue weighted by Crippen LogP contribution is -2.34. The van der Waals surface area contributed by atoms with E-state index in [0.29, 0.717) is 5.92 Å². The topological polar surface area (TPSA) is 47.6 Å². The number of alkyl halides is 3. The van der Waals surface area contributed by atoms with E-state index >= 15 is 0 Å². The van der Waals surface area contributed by atoms with Gasteiger partial charge in [0.25, 0.3) is 5.91 Å². The van der Waals surface area contributed by atoms with Crippen LogP contribution in [-0.2, 0) is 0 Å². The van der Waals surface area contributed by atoms with Crippen LogP contribution < -0.4 is 14.8 Å². The second-order valence-corrected chi connectivity index (χ2v) is 6.87. The lowest BCUT2D eigenvalue weighted by molar-refractivity contribution is -0.123. The first-order chi connectivity index (χ1) is 13.1. The number of nitrogens with one attached hydrogen (secondary N) is 1. The Morgan fingerprint density at radius 1 is 1.11 bits per heavy atom. The third kappa shape index (κ3) is 6.46. The van der Waals surface area contributed by atoms with Gasteiger partial charge in [-0.15, -0.1) is 0 Å². The Morgan fingerprint density at radius 2 is 1.64 bits per heavy atom. The number of hydrogen-bond acceptors (Lipinski definition) is 3. The first kappa shape index (κ1) is 23.9. The van der Waals surface area contributed by atoms with Gasteiger partial charge in [0, 0.05) is 0 Å². The zero-order valence-corrected chi connectivity index (χ0v) is 17.4. The number of halogens is 3. The van der Waals surface area contributed by atoms with Crippen molar-refractivity contribution in [2.24, 2.45) is 11.8 Å². The molecule has 2 atom stereocenters. The molecule has 1 rings (SSSR count). The molecule has 0 aliphatic carbocycles. The second kappa shape index (κ2) is 10.4. The van der Waals surface area contributed by atoms with Gasteiger partial charge in [-0.3, -0.25) is 4.79 Å². The van der Waals surface area contributed by atoms with Gasteiger partial charge in [0.15, 0.2) is 0 Å². The van der Waals surface area contributed by atoms with Crippen LogP contribution in [0, 0.1) is 11.8 Å². The highest BCUT2D eigenvalue weighted by Gasteiger charge is 2.30. The number of carbonyl (C=O) groups excluding carboxylic acids is 1. The third-order valence-electron chi connectivity index (χ3n) is 4.77. The monoisotopic (exact) mass is 401 g/mol. The van der Waals surface area contributed by atoms with Crippen LogP contribution in [0.25, 0.3) is 5.57 Å². The van der Waals surface area contributed by atoms with Gasteiger partial charge in [0.05, 0.1) is 14.2 Å². The SMILES string of the molecule is CCC(C)/C=C(/c1cc(OC)c(C(=O)NCC(F)(F)F)c(OC)c1)C(C)CC. The molecule has 0 aromatic heterocycles. The van der Waals surface area contributed by atoms with Crippen LogP contribution in [0.2, 0.25) is 0 Å². The van der Waals surface area contributed by atoms with Crippen LogP contribution in [0.15, 0.2) is 18.2 Å². The standard InChI is InChI=1S/C21H30F3NO3/c1-7-13(3)9-16(14(4)8-2)15-10-17(27-5)19(18(11-15)28-6)20(26)25-12-21(22,23)24/h9-11,13-14H,7-8,12H2,1-6H3,(H,25,26)/b16-9+. The molecule has 0 heterocycles. The minimum absolute atomic E-state index is 0.0509. The molecule has 0 radical (unpaired) electrons. The molecule has 28 heavy (non-hydrogen) atoms. The predicted octanol–water partition coefficient (Wildman–Crippen LogP) is 5.47. The van der Waals surface area contributed by atoms with Crippen molar-refractivity contribution >= 4 is 11.5 Å². The molecule has 158 valence electrons. The van der Waals surface area contributed by atoms with Crippen molar-refractivity contribution in [1.82, 2.24) is 5.32 Å². The molecule has 4 nitrogen and oxygen atoms in total. The van der Waals surface area contributed by atoms with Crippen molar-refractivity contribution in [3.8, 4) is 11.5 Å². The highest BCUT2D eigenvalue weighted by atomic mass is 19.4. The smallest absolute Gasteiger partial charge is 0.405 e. The van der Waals surface area contributed by atoms with E-state index in [0.717, 1.165) is 24.0 Å². The fourth-order valence-electron chi connectivity index (χ4n) is 2.76. The van der Waals surface area contributed by atoms with Gasteiger partial charge in [-0.05, 0) is 41.5 Å². The molecular formula is C21H30F3NO3.